The molecule has 2 aromatic carbocycles. The first-order valence-electron chi connectivity index (χ1n) is 10.4. The van der Waals surface area contributed by atoms with Crippen molar-refractivity contribution >= 4 is 17.6 Å². The van der Waals surface area contributed by atoms with E-state index in [1.807, 2.05) is 24.3 Å². The third-order valence-corrected chi connectivity index (χ3v) is 4.76. The molecule has 2 rings (SSSR count). The number of rotatable bonds is 8. The van der Waals surface area contributed by atoms with Crippen LogP contribution in [0.5, 0.6) is 0 Å². The zero-order chi connectivity index (χ0) is 22.1. The van der Waals surface area contributed by atoms with Crippen LogP contribution in [0.15, 0.2) is 47.5 Å². The van der Waals surface area contributed by atoms with E-state index in [0.717, 1.165) is 31.0 Å². The van der Waals surface area contributed by atoms with Gasteiger partial charge in [-0.15, -0.1) is 0 Å². The second-order valence-corrected chi connectivity index (χ2v) is 7.80. The maximum Gasteiger partial charge on any atom is 0.253 e. The van der Waals surface area contributed by atoms with Gasteiger partial charge in [0.15, 0.2) is 5.96 Å². The molecule has 162 valence electrons. The zero-order valence-electron chi connectivity index (χ0n) is 19.1. The molecule has 0 saturated heterocycles. The van der Waals surface area contributed by atoms with Crippen molar-refractivity contribution in [3.05, 3.63) is 64.7 Å². The summed E-state index contributed by atoms with van der Waals surface area (Å²) in [5.41, 5.74) is 5.47. The van der Waals surface area contributed by atoms with Crippen LogP contribution < -0.4 is 15.5 Å². The Morgan fingerprint density at radius 2 is 1.80 bits per heavy atom. The van der Waals surface area contributed by atoms with E-state index < -0.39 is 0 Å². The fourth-order valence-corrected chi connectivity index (χ4v) is 3.17. The van der Waals surface area contributed by atoms with Gasteiger partial charge in [0.2, 0.25) is 0 Å². The Labute approximate surface area is 181 Å². The van der Waals surface area contributed by atoms with Gasteiger partial charge in [-0.3, -0.25) is 4.79 Å². The van der Waals surface area contributed by atoms with Gasteiger partial charge >= 0.3 is 0 Å². The Bertz CT molecular complexity index is 874. The number of aliphatic imine (C=N–C) groups is 1. The van der Waals surface area contributed by atoms with E-state index in [2.05, 4.69) is 61.7 Å². The predicted molar refractivity (Wildman–Crippen MR) is 126 cm³/mol. The number of nitrogens with one attached hydrogen (secondary N) is 2. The number of amides is 1. The van der Waals surface area contributed by atoms with Gasteiger partial charge in [-0.05, 0) is 55.2 Å². The highest BCUT2D eigenvalue weighted by atomic mass is 16.2. The minimum atomic E-state index is 0.0227. The summed E-state index contributed by atoms with van der Waals surface area (Å²) in [5.74, 6) is 0.817. The molecule has 0 radical (unpaired) electrons. The van der Waals surface area contributed by atoms with Gasteiger partial charge in [0, 0.05) is 52.5 Å². The molecule has 0 spiro atoms. The van der Waals surface area contributed by atoms with Crippen molar-refractivity contribution in [1.82, 2.24) is 15.5 Å². The average molecular weight is 410 g/mol. The van der Waals surface area contributed by atoms with E-state index in [-0.39, 0.29) is 5.91 Å². The van der Waals surface area contributed by atoms with Gasteiger partial charge in [0.25, 0.3) is 5.91 Å². The van der Waals surface area contributed by atoms with Gasteiger partial charge in [0.1, 0.15) is 0 Å². The summed E-state index contributed by atoms with van der Waals surface area (Å²) in [7, 11) is 7.65. The number of hydrogen-bond acceptors (Lipinski definition) is 3. The first-order valence-corrected chi connectivity index (χ1v) is 10.4. The van der Waals surface area contributed by atoms with E-state index in [1.54, 1.807) is 19.0 Å². The zero-order valence-corrected chi connectivity index (χ0v) is 19.1. The number of aryl methyl sites for hydroxylation is 1. The first kappa shape index (κ1) is 23.3. The minimum absolute atomic E-state index is 0.0227. The van der Waals surface area contributed by atoms with E-state index in [4.69, 9.17) is 4.99 Å². The van der Waals surface area contributed by atoms with Crippen LogP contribution in [0, 0.1) is 6.92 Å². The third kappa shape index (κ3) is 6.79. The number of carbonyl (C=O) groups is 1. The van der Waals surface area contributed by atoms with E-state index >= 15 is 0 Å². The molecule has 0 atom stereocenters. The van der Waals surface area contributed by atoms with E-state index in [0.29, 0.717) is 12.1 Å². The molecule has 0 saturated carbocycles. The molecule has 30 heavy (non-hydrogen) atoms. The van der Waals surface area contributed by atoms with Crippen molar-refractivity contribution < 1.29 is 4.79 Å². The summed E-state index contributed by atoms with van der Waals surface area (Å²) in [4.78, 5) is 20.6. The molecule has 0 bridgehead atoms. The smallest absolute Gasteiger partial charge is 0.253 e. The molecular formula is C24H35N5O. The van der Waals surface area contributed by atoms with Gasteiger partial charge in [-0.2, -0.15) is 0 Å². The Morgan fingerprint density at radius 3 is 2.47 bits per heavy atom. The normalized spacial score (nSPS) is 11.2. The molecule has 0 aliphatic rings. The topological polar surface area (TPSA) is 60.0 Å². The van der Waals surface area contributed by atoms with Gasteiger partial charge < -0.3 is 20.4 Å². The summed E-state index contributed by atoms with van der Waals surface area (Å²) >= 11 is 0. The molecule has 0 aromatic heterocycles. The highest BCUT2D eigenvalue weighted by molar-refractivity contribution is 5.94. The molecular weight excluding hydrogens is 374 g/mol. The summed E-state index contributed by atoms with van der Waals surface area (Å²) < 4.78 is 0. The highest BCUT2D eigenvalue weighted by Crippen LogP contribution is 2.21. The molecule has 0 heterocycles. The van der Waals surface area contributed by atoms with Crippen LogP contribution in [0.3, 0.4) is 0 Å². The average Bonchev–Trinajstić information content (AvgIpc) is 2.72. The lowest BCUT2D eigenvalue weighted by atomic mass is 10.1. The standard InChI is InChI=1S/C24H35N5O/c1-7-25-24(27-17-21-12-11-18(2)15-22(21)28(3)4)26-14-13-19-9-8-10-20(16-19)23(30)29(5)6/h8-12,15-16H,7,13-14,17H2,1-6H3,(H2,25,26,27). The van der Waals surface area contributed by atoms with Gasteiger partial charge in [0.05, 0.1) is 6.54 Å². The molecule has 0 aliphatic carbocycles. The molecule has 0 aliphatic heterocycles. The van der Waals surface area contributed by atoms with Crippen LogP contribution in [-0.4, -0.2) is 58.0 Å². The third-order valence-electron chi connectivity index (χ3n) is 4.76. The van der Waals surface area contributed by atoms with Crippen LogP contribution in [-0.2, 0) is 13.0 Å². The number of hydrogen-bond donors (Lipinski definition) is 2. The predicted octanol–water partition coefficient (Wildman–Crippen LogP) is 3.06. The van der Waals surface area contributed by atoms with Crippen LogP contribution in [0.2, 0.25) is 0 Å². The van der Waals surface area contributed by atoms with Crippen molar-refractivity contribution in [2.75, 3.05) is 46.2 Å². The van der Waals surface area contributed by atoms with E-state index in [9.17, 15) is 4.79 Å². The summed E-state index contributed by atoms with van der Waals surface area (Å²) in [5, 5.41) is 6.71. The first-order chi connectivity index (χ1) is 14.3. The Hall–Kier alpha value is -3.02. The highest BCUT2D eigenvalue weighted by Gasteiger charge is 2.09. The maximum atomic E-state index is 12.2. The van der Waals surface area contributed by atoms with Crippen molar-refractivity contribution in [2.24, 2.45) is 4.99 Å². The number of anilines is 1. The molecule has 2 N–H and O–H groups in total. The number of benzene rings is 2. The number of guanidine groups is 1. The fourth-order valence-electron chi connectivity index (χ4n) is 3.17. The number of nitrogens with zero attached hydrogens (tertiary/aromatic N) is 3. The van der Waals surface area contributed by atoms with Crippen molar-refractivity contribution in [3.8, 4) is 0 Å². The van der Waals surface area contributed by atoms with Crippen LogP contribution in [0.4, 0.5) is 5.69 Å². The molecule has 6 heteroatoms. The summed E-state index contributed by atoms with van der Waals surface area (Å²) in [6.45, 7) is 6.31. The SMILES string of the molecule is CCNC(=NCc1ccc(C)cc1N(C)C)NCCc1cccc(C(=O)N(C)C)c1. The van der Waals surface area contributed by atoms with E-state index in [1.165, 1.54) is 16.8 Å². The van der Waals surface area contributed by atoms with Crippen LogP contribution in [0.25, 0.3) is 0 Å². The molecule has 0 fully saturated rings. The van der Waals surface area contributed by atoms with Gasteiger partial charge in [-0.25, -0.2) is 4.99 Å². The number of carbonyl (C=O) groups excluding carboxylic acids is 1. The second kappa shape index (κ2) is 11.2. The molecule has 0 unspecified atom stereocenters. The molecule has 2 aromatic rings. The lowest BCUT2D eigenvalue weighted by Gasteiger charge is -2.18. The molecule has 1 amide bonds. The maximum absolute atomic E-state index is 12.2. The lowest BCUT2D eigenvalue weighted by Crippen LogP contribution is -2.38. The summed E-state index contributed by atoms with van der Waals surface area (Å²) in [6.07, 6.45) is 0.812. The monoisotopic (exact) mass is 409 g/mol. The van der Waals surface area contributed by atoms with Crippen molar-refractivity contribution in [3.63, 3.8) is 0 Å². The fraction of sp³-hybridized carbons (Fsp3) is 0.417. The van der Waals surface area contributed by atoms with Crippen LogP contribution in [0.1, 0.15) is 34.0 Å². The summed E-state index contributed by atoms with van der Waals surface area (Å²) in [6, 6.07) is 14.3. The van der Waals surface area contributed by atoms with Crippen molar-refractivity contribution in [2.45, 2.75) is 26.8 Å². The molecule has 6 nitrogen and oxygen atoms in total. The minimum Gasteiger partial charge on any atom is -0.377 e. The van der Waals surface area contributed by atoms with Gasteiger partial charge in [-0.1, -0.05) is 24.3 Å². The van der Waals surface area contributed by atoms with Crippen molar-refractivity contribution in [1.29, 1.82) is 0 Å². The lowest BCUT2D eigenvalue weighted by molar-refractivity contribution is 0.0827. The Balaban J connectivity index is 2.02. The second-order valence-electron chi connectivity index (χ2n) is 7.80. The quantitative estimate of drug-likeness (QED) is 0.520. The largest absolute Gasteiger partial charge is 0.377 e. The van der Waals surface area contributed by atoms with Crippen LogP contribution >= 0.6 is 0 Å². The Morgan fingerprint density at radius 1 is 1.03 bits per heavy atom. The Kier molecular flexibility index (Phi) is 8.71.